The molecule has 1 aliphatic heterocycles. The molecule has 1 saturated heterocycles. The SMILES string of the molecule is CC(=O)N1CCC[C@@H](C(=O)Nc2ccc(OC(F)F)cc2)C1. The van der Waals surface area contributed by atoms with Crippen LogP contribution in [0.3, 0.4) is 0 Å². The van der Waals surface area contributed by atoms with Gasteiger partial charge in [0.1, 0.15) is 5.75 Å². The van der Waals surface area contributed by atoms with E-state index in [2.05, 4.69) is 10.1 Å². The van der Waals surface area contributed by atoms with Crippen LogP contribution in [0, 0.1) is 5.92 Å². The molecule has 0 saturated carbocycles. The minimum absolute atomic E-state index is 0.0356. The predicted molar refractivity (Wildman–Crippen MR) is 76.7 cm³/mol. The molecule has 2 amide bonds. The van der Waals surface area contributed by atoms with Crippen LogP contribution in [-0.4, -0.2) is 36.4 Å². The Bertz CT molecular complexity index is 534. The lowest BCUT2D eigenvalue weighted by Gasteiger charge is -2.31. The first-order chi connectivity index (χ1) is 10.5. The van der Waals surface area contributed by atoms with E-state index in [9.17, 15) is 18.4 Å². The molecule has 1 aromatic rings. The van der Waals surface area contributed by atoms with Gasteiger partial charge in [0.2, 0.25) is 11.8 Å². The van der Waals surface area contributed by atoms with E-state index in [-0.39, 0.29) is 23.5 Å². The molecule has 0 aliphatic carbocycles. The fraction of sp³-hybridized carbons (Fsp3) is 0.467. The first-order valence-electron chi connectivity index (χ1n) is 7.07. The van der Waals surface area contributed by atoms with Gasteiger partial charge in [0.05, 0.1) is 5.92 Å². The molecule has 0 unspecified atom stereocenters. The zero-order chi connectivity index (χ0) is 16.1. The summed E-state index contributed by atoms with van der Waals surface area (Å²) in [5.74, 6) is -0.428. The van der Waals surface area contributed by atoms with Gasteiger partial charge >= 0.3 is 6.61 Å². The first-order valence-corrected chi connectivity index (χ1v) is 7.07. The largest absolute Gasteiger partial charge is 0.435 e. The van der Waals surface area contributed by atoms with Gasteiger partial charge in [-0.1, -0.05) is 0 Å². The van der Waals surface area contributed by atoms with Gasteiger partial charge in [-0.25, -0.2) is 0 Å². The summed E-state index contributed by atoms with van der Waals surface area (Å²) in [5.41, 5.74) is 0.506. The summed E-state index contributed by atoms with van der Waals surface area (Å²) in [6.07, 6.45) is 1.51. The van der Waals surface area contributed by atoms with Crippen LogP contribution >= 0.6 is 0 Å². The van der Waals surface area contributed by atoms with Gasteiger partial charge in [-0.05, 0) is 37.1 Å². The second kappa shape index (κ2) is 7.20. The number of benzene rings is 1. The molecule has 1 aliphatic rings. The van der Waals surface area contributed by atoms with E-state index in [0.29, 0.717) is 18.8 Å². The van der Waals surface area contributed by atoms with Gasteiger partial charge in [0.15, 0.2) is 0 Å². The Morgan fingerprint density at radius 1 is 1.32 bits per heavy atom. The molecular formula is C15H18F2N2O3. The van der Waals surface area contributed by atoms with Crippen LogP contribution in [0.4, 0.5) is 14.5 Å². The molecular weight excluding hydrogens is 294 g/mol. The highest BCUT2D eigenvalue weighted by Crippen LogP contribution is 2.21. The number of hydrogen-bond donors (Lipinski definition) is 1. The third-order valence-electron chi connectivity index (χ3n) is 3.58. The first kappa shape index (κ1) is 16.2. The van der Waals surface area contributed by atoms with Crippen molar-refractivity contribution in [3.63, 3.8) is 0 Å². The van der Waals surface area contributed by atoms with E-state index in [0.717, 1.165) is 12.8 Å². The Labute approximate surface area is 127 Å². The lowest BCUT2D eigenvalue weighted by Crippen LogP contribution is -2.42. The van der Waals surface area contributed by atoms with Crippen LogP contribution in [0.5, 0.6) is 5.75 Å². The fourth-order valence-electron chi connectivity index (χ4n) is 2.44. The fourth-order valence-corrected chi connectivity index (χ4v) is 2.44. The van der Waals surface area contributed by atoms with Crippen molar-refractivity contribution in [2.75, 3.05) is 18.4 Å². The van der Waals surface area contributed by atoms with Crippen LogP contribution in [-0.2, 0) is 9.59 Å². The quantitative estimate of drug-likeness (QED) is 0.929. The number of piperidine rings is 1. The Balaban J connectivity index is 1.92. The van der Waals surface area contributed by atoms with Crippen LogP contribution in [0.2, 0.25) is 0 Å². The molecule has 22 heavy (non-hydrogen) atoms. The number of carbonyl (C=O) groups excluding carboxylic acids is 2. The highest BCUT2D eigenvalue weighted by Gasteiger charge is 2.26. The molecule has 0 radical (unpaired) electrons. The number of nitrogens with one attached hydrogen (secondary N) is 1. The van der Waals surface area contributed by atoms with E-state index in [1.165, 1.54) is 31.2 Å². The van der Waals surface area contributed by atoms with Gasteiger partial charge in [-0.15, -0.1) is 0 Å². The summed E-state index contributed by atoms with van der Waals surface area (Å²) < 4.78 is 28.3. The molecule has 120 valence electrons. The molecule has 1 atom stereocenters. The number of carbonyl (C=O) groups is 2. The molecule has 1 aromatic carbocycles. The van der Waals surface area contributed by atoms with E-state index < -0.39 is 6.61 Å². The number of halogens is 2. The monoisotopic (exact) mass is 312 g/mol. The molecule has 5 nitrogen and oxygen atoms in total. The van der Waals surface area contributed by atoms with Crippen molar-refractivity contribution in [3.8, 4) is 5.75 Å². The summed E-state index contributed by atoms with van der Waals surface area (Å²) in [4.78, 5) is 25.2. The Morgan fingerprint density at radius 3 is 2.59 bits per heavy atom. The Kier molecular flexibility index (Phi) is 5.30. The number of alkyl halides is 2. The molecule has 0 aromatic heterocycles. The number of ether oxygens (including phenoxy) is 1. The van der Waals surface area contributed by atoms with E-state index in [1.807, 2.05) is 0 Å². The molecule has 7 heteroatoms. The standard InChI is InChI=1S/C15H18F2N2O3/c1-10(20)19-8-2-3-11(9-19)14(21)18-12-4-6-13(7-5-12)22-15(16)17/h4-7,11,15H,2-3,8-9H2,1H3,(H,18,21)/t11-/m1/s1. The van der Waals surface area contributed by atoms with Crippen molar-refractivity contribution in [3.05, 3.63) is 24.3 Å². The third kappa shape index (κ3) is 4.41. The zero-order valence-electron chi connectivity index (χ0n) is 12.2. The maximum absolute atomic E-state index is 12.2. The summed E-state index contributed by atoms with van der Waals surface area (Å²) in [6, 6.07) is 5.73. The topological polar surface area (TPSA) is 58.6 Å². The number of amides is 2. The lowest BCUT2D eigenvalue weighted by molar-refractivity contribution is -0.132. The third-order valence-corrected chi connectivity index (χ3v) is 3.58. The lowest BCUT2D eigenvalue weighted by atomic mass is 9.97. The van der Waals surface area contributed by atoms with Crippen molar-refractivity contribution in [1.82, 2.24) is 4.90 Å². The number of likely N-dealkylation sites (tertiary alicyclic amines) is 1. The van der Waals surface area contributed by atoms with Crippen LogP contribution in [0.15, 0.2) is 24.3 Å². The second-order valence-electron chi connectivity index (χ2n) is 5.20. The molecule has 1 N–H and O–H groups in total. The van der Waals surface area contributed by atoms with Crippen molar-refractivity contribution in [1.29, 1.82) is 0 Å². The maximum atomic E-state index is 12.2. The second-order valence-corrected chi connectivity index (χ2v) is 5.20. The van der Waals surface area contributed by atoms with Crippen molar-refractivity contribution >= 4 is 17.5 Å². The zero-order valence-corrected chi connectivity index (χ0v) is 12.2. The molecule has 1 fully saturated rings. The number of nitrogens with zero attached hydrogens (tertiary/aromatic N) is 1. The summed E-state index contributed by atoms with van der Waals surface area (Å²) in [5, 5.41) is 2.73. The normalized spacial score (nSPS) is 18.2. The van der Waals surface area contributed by atoms with Gasteiger partial charge in [-0.2, -0.15) is 8.78 Å². The van der Waals surface area contributed by atoms with E-state index >= 15 is 0 Å². The smallest absolute Gasteiger partial charge is 0.387 e. The summed E-state index contributed by atoms with van der Waals surface area (Å²) in [7, 11) is 0. The Morgan fingerprint density at radius 2 is 2.00 bits per heavy atom. The highest BCUT2D eigenvalue weighted by molar-refractivity contribution is 5.93. The molecule has 0 bridgehead atoms. The van der Waals surface area contributed by atoms with Gasteiger partial charge in [0, 0.05) is 25.7 Å². The van der Waals surface area contributed by atoms with Gasteiger partial charge in [-0.3, -0.25) is 9.59 Å². The summed E-state index contributed by atoms with van der Waals surface area (Å²) in [6.45, 7) is -0.297. The van der Waals surface area contributed by atoms with Crippen molar-refractivity contribution in [2.45, 2.75) is 26.4 Å². The van der Waals surface area contributed by atoms with E-state index in [1.54, 1.807) is 4.90 Å². The van der Waals surface area contributed by atoms with Crippen LogP contribution < -0.4 is 10.1 Å². The van der Waals surface area contributed by atoms with Gasteiger partial charge < -0.3 is 15.0 Å². The minimum atomic E-state index is -2.87. The van der Waals surface area contributed by atoms with Crippen LogP contribution in [0.25, 0.3) is 0 Å². The van der Waals surface area contributed by atoms with Crippen molar-refractivity contribution in [2.24, 2.45) is 5.92 Å². The number of rotatable bonds is 4. The van der Waals surface area contributed by atoms with E-state index in [4.69, 9.17) is 0 Å². The molecule has 1 heterocycles. The maximum Gasteiger partial charge on any atom is 0.387 e. The van der Waals surface area contributed by atoms with Gasteiger partial charge in [0.25, 0.3) is 0 Å². The number of hydrogen-bond acceptors (Lipinski definition) is 3. The van der Waals surface area contributed by atoms with Crippen molar-refractivity contribution < 1.29 is 23.1 Å². The predicted octanol–water partition coefficient (Wildman–Crippen LogP) is 2.49. The van der Waals surface area contributed by atoms with Crippen LogP contribution in [0.1, 0.15) is 19.8 Å². The average molecular weight is 312 g/mol. The molecule has 0 spiro atoms. The minimum Gasteiger partial charge on any atom is -0.435 e. The molecule has 2 rings (SSSR count). The average Bonchev–Trinajstić information content (AvgIpc) is 2.49. The summed E-state index contributed by atoms with van der Waals surface area (Å²) >= 11 is 0. The Hall–Kier alpha value is -2.18. The number of anilines is 1. The highest BCUT2D eigenvalue weighted by atomic mass is 19.3.